The van der Waals surface area contributed by atoms with Gasteiger partial charge < -0.3 is 0 Å². The molecule has 0 saturated heterocycles. The fourth-order valence-electron chi connectivity index (χ4n) is 1.17. The lowest BCUT2D eigenvalue weighted by molar-refractivity contribution is 0.810. The van der Waals surface area contributed by atoms with E-state index < -0.39 is 0 Å². The van der Waals surface area contributed by atoms with Gasteiger partial charge in [0.1, 0.15) is 10.9 Å². The van der Waals surface area contributed by atoms with E-state index in [1.807, 2.05) is 0 Å². The average Bonchev–Trinajstić information content (AvgIpc) is 2.48. The summed E-state index contributed by atoms with van der Waals surface area (Å²) in [6.07, 6.45) is 2.09. The zero-order valence-electron chi connectivity index (χ0n) is 8.29. The average molecular weight is 194 g/mol. The van der Waals surface area contributed by atoms with Crippen molar-refractivity contribution in [2.24, 2.45) is 0 Å². The highest BCUT2D eigenvalue weighted by Crippen LogP contribution is 2.24. The molecule has 1 heterocycles. The number of aromatic nitrogens is 1. The third-order valence-corrected chi connectivity index (χ3v) is 2.85. The van der Waals surface area contributed by atoms with Crippen molar-refractivity contribution in [2.75, 3.05) is 0 Å². The van der Waals surface area contributed by atoms with Crippen LogP contribution < -0.4 is 0 Å². The van der Waals surface area contributed by atoms with Gasteiger partial charge >= 0.3 is 0 Å². The highest BCUT2D eigenvalue weighted by molar-refractivity contribution is 7.12. The van der Waals surface area contributed by atoms with Crippen molar-refractivity contribution in [2.45, 2.75) is 39.5 Å². The smallest absolute Gasteiger partial charge is 0.128 e. The maximum Gasteiger partial charge on any atom is 0.128 e. The molecule has 1 rings (SSSR count). The SMILES string of the molecule is CCCc1nc(C(C)C)c(C#N)s1. The van der Waals surface area contributed by atoms with Gasteiger partial charge in [0.25, 0.3) is 0 Å². The highest BCUT2D eigenvalue weighted by atomic mass is 32.1. The molecule has 1 aromatic heterocycles. The van der Waals surface area contributed by atoms with Crippen molar-refractivity contribution >= 4 is 11.3 Å². The summed E-state index contributed by atoms with van der Waals surface area (Å²) in [5.74, 6) is 0.358. The molecule has 3 heteroatoms. The van der Waals surface area contributed by atoms with E-state index in [1.54, 1.807) is 11.3 Å². The van der Waals surface area contributed by atoms with Crippen molar-refractivity contribution in [1.29, 1.82) is 5.26 Å². The molecule has 0 N–H and O–H groups in total. The summed E-state index contributed by atoms with van der Waals surface area (Å²) in [6, 6.07) is 2.21. The van der Waals surface area contributed by atoms with Gasteiger partial charge in [0.15, 0.2) is 0 Å². The monoisotopic (exact) mass is 194 g/mol. The molecule has 13 heavy (non-hydrogen) atoms. The second-order valence-corrected chi connectivity index (χ2v) is 4.42. The summed E-state index contributed by atoms with van der Waals surface area (Å²) in [5, 5.41) is 9.97. The molecule has 0 atom stereocenters. The molecule has 0 amide bonds. The zero-order chi connectivity index (χ0) is 9.84. The van der Waals surface area contributed by atoms with Crippen LogP contribution >= 0.6 is 11.3 Å². The van der Waals surface area contributed by atoms with Gasteiger partial charge in [0.05, 0.1) is 10.7 Å². The lowest BCUT2D eigenvalue weighted by Gasteiger charge is -1.98. The van der Waals surface area contributed by atoms with Crippen molar-refractivity contribution in [3.8, 4) is 6.07 Å². The van der Waals surface area contributed by atoms with Gasteiger partial charge in [0, 0.05) is 0 Å². The van der Waals surface area contributed by atoms with Crippen LogP contribution in [-0.2, 0) is 6.42 Å². The summed E-state index contributed by atoms with van der Waals surface area (Å²) >= 11 is 1.54. The number of rotatable bonds is 3. The molecular formula is C10H14N2S. The van der Waals surface area contributed by atoms with Crippen LogP contribution in [0.15, 0.2) is 0 Å². The van der Waals surface area contributed by atoms with E-state index in [1.165, 1.54) is 0 Å². The third-order valence-electron chi connectivity index (χ3n) is 1.81. The summed E-state index contributed by atoms with van der Waals surface area (Å²) in [4.78, 5) is 5.26. The summed E-state index contributed by atoms with van der Waals surface area (Å²) in [7, 11) is 0. The first-order valence-corrected chi connectivity index (χ1v) is 5.40. The minimum atomic E-state index is 0.358. The Morgan fingerprint density at radius 1 is 1.54 bits per heavy atom. The van der Waals surface area contributed by atoms with Gasteiger partial charge in [-0.1, -0.05) is 20.8 Å². The lowest BCUT2D eigenvalue weighted by Crippen LogP contribution is -1.91. The maximum absolute atomic E-state index is 8.87. The fraction of sp³-hybridized carbons (Fsp3) is 0.600. The van der Waals surface area contributed by atoms with Crippen molar-refractivity contribution < 1.29 is 0 Å². The molecule has 0 aliphatic heterocycles. The Bertz CT molecular complexity index is 320. The second kappa shape index (κ2) is 4.38. The van der Waals surface area contributed by atoms with E-state index in [4.69, 9.17) is 5.26 Å². The van der Waals surface area contributed by atoms with E-state index in [-0.39, 0.29) is 0 Å². The Balaban J connectivity index is 2.99. The number of nitriles is 1. The largest absolute Gasteiger partial charge is 0.245 e. The normalized spacial score (nSPS) is 10.4. The number of thiazole rings is 1. The predicted octanol–water partition coefficient (Wildman–Crippen LogP) is 3.09. The molecule has 0 saturated carbocycles. The first-order valence-electron chi connectivity index (χ1n) is 4.58. The van der Waals surface area contributed by atoms with Crippen LogP contribution in [0.3, 0.4) is 0 Å². The van der Waals surface area contributed by atoms with E-state index in [2.05, 4.69) is 31.8 Å². The second-order valence-electron chi connectivity index (χ2n) is 3.34. The quantitative estimate of drug-likeness (QED) is 0.741. The summed E-state index contributed by atoms with van der Waals surface area (Å²) < 4.78 is 0. The molecule has 1 aromatic rings. The Labute approximate surface area is 83.2 Å². The van der Waals surface area contributed by atoms with Crippen molar-refractivity contribution in [3.63, 3.8) is 0 Å². The first kappa shape index (κ1) is 10.2. The van der Waals surface area contributed by atoms with Gasteiger partial charge in [-0.05, 0) is 18.8 Å². The minimum absolute atomic E-state index is 0.358. The Hall–Kier alpha value is -0.880. The molecule has 0 aliphatic carbocycles. The van der Waals surface area contributed by atoms with Crippen LogP contribution in [0.1, 0.15) is 48.7 Å². The van der Waals surface area contributed by atoms with E-state index in [0.29, 0.717) is 5.92 Å². The van der Waals surface area contributed by atoms with Crippen LogP contribution in [0.2, 0.25) is 0 Å². The van der Waals surface area contributed by atoms with Crippen molar-refractivity contribution in [1.82, 2.24) is 4.98 Å². The number of hydrogen-bond acceptors (Lipinski definition) is 3. The van der Waals surface area contributed by atoms with E-state index in [9.17, 15) is 0 Å². The number of hydrogen-bond donors (Lipinski definition) is 0. The third kappa shape index (κ3) is 2.28. The van der Waals surface area contributed by atoms with E-state index in [0.717, 1.165) is 28.4 Å². The molecule has 0 spiro atoms. The molecule has 70 valence electrons. The predicted molar refractivity (Wildman–Crippen MR) is 54.9 cm³/mol. The molecular weight excluding hydrogens is 180 g/mol. The lowest BCUT2D eigenvalue weighted by atomic mass is 10.1. The molecule has 2 nitrogen and oxygen atoms in total. The van der Waals surface area contributed by atoms with Crippen LogP contribution in [0.4, 0.5) is 0 Å². The van der Waals surface area contributed by atoms with Gasteiger partial charge in [-0.3, -0.25) is 0 Å². The topological polar surface area (TPSA) is 36.7 Å². The van der Waals surface area contributed by atoms with Gasteiger partial charge in [-0.15, -0.1) is 11.3 Å². The van der Waals surface area contributed by atoms with Crippen molar-refractivity contribution in [3.05, 3.63) is 15.6 Å². The van der Waals surface area contributed by atoms with Gasteiger partial charge in [-0.25, -0.2) is 4.98 Å². The summed E-state index contributed by atoms with van der Waals surface area (Å²) in [6.45, 7) is 6.28. The molecule has 0 bridgehead atoms. The van der Waals surface area contributed by atoms with E-state index >= 15 is 0 Å². The standard InChI is InChI=1S/C10H14N2S/c1-4-5-9-12-10(7(2)3)8(6-11)13-9/h7H,4-5H2,1-3H3. The zero-order valence-corrected chi connectivity index (χ0v) is 9.11. The molecule has 0 aromatic carbocycles. The van der Waals surface area contributed by atoms with Gasteiger partial charge in [0.2, 0.25) is 0 Å². The minimum Gasteiger partial charge on any atom is -0.245 e. The Morgan fingerprint density at radius 2 is 2.23 bits per heavy atom. The molecule has 0 unspecified atom stereocenters. The molecule has 0 aliphatic rings. The first-order chi connectivity index (χ1) is 6.19. The van der Waals surface area contributed by atoms with Crippen LogP contribution in [0, 0.1) is 11.3 Å². The maximum atomic E-state index is 8.87. The molecule has 0 fully saturated rings. The van der Waals surface area contributed by atoms with Crippen LogP contribution in [0.5, 0.6) is 0 Å². The number of aryl methyl sites for hydroxylation is 1. The van der Waals surface area contributed by atoms with Crippen LogP contribution in [0.25, 0.3) is 0 Å². The van der Waals surface area contributed by atoms with Gasteiger partial charge in [-0.2, -0.15) is 5.26 Å². The molecule has 0 radical (unpaired) electrons. The fourth-order valence-corrected chi connectivity index (χ4v) is 2.29. The highest BCUT2D eigenvalue weighted by Gasteiger charge is 2.12. The Morgan fingerprint density at radius 3 is 2.62 bits per heavy atom. The van der Waals surface area contributed by atoms with Crippen LogP contribution in [-0.4, -0.2) is 4.98 Å². The number of nitrogens with zero attached hydrogens (tertiary/aromatic N) is 2. The Kier molecular flexibility index (Phi) is 3.44. The summed E-state index contributed by atoms with van der Waals surface area (Å²) in [5.41, 5.74) is 0.968.